The van der Waals surface area contributed by atoms with E-state index in [2.05, 4.69) is 0 Å². The van der Waals surface area contributed by atoms with Crippen molar-refractivity contribution in [1.82, 2.24) is 0 Å². The van der Waals surface area contributed by atoms with Crippen LogP contribution in [0.1, 0.15) is 5.56 Å². The number of phenolic OH excluding ortho intramolecular Hbond substituents is 2. The van der Waals surface area contributed by atoms with Gasteiger partial charge >= 0.3 is 5.97 Å². The van der Waals surface area contributed by atoms with Gasteiger partial charge in [-0.1, -0.05) is 6.07 Å². The van der Waals surface area contributed by atoms with Gasteiger partial charge in [-0.2, -0.15) is 0 Å². The Morgan fingerprint density at radius 2 is 1.93 bits per heavy atom. The summed E-state index contributed by atoms with van der Waals surface area (Å²) in [5.41, 5.74) is 5.86. The summed E-state index contributed by atoms with van der Waals surface area (Å²) in [6, 6.07) is 3.09. The van der Waals surface area contributed by atoms with Crippen LogP contribution in [0.4, 0.5) is 0 Å². The second-order valence-electron chi connectivity index (χ2n) is 2.97. The van der Waals surface area contributed by atoms with E-state index in [0.29, 0.717) is 5.56 Å². The van der Waals surface area contributed by atoms with E-state index < -0.39 is 12.0 Å². The van der Waals surface area contributed by atoms with E-state index in [9.17, 15) is 4.79 Å². The Bertz CT molecular complexity index is 356. The molecule has 1 aromatic rings. The van der Waals surface area contributed by atoms with Crippen LogP contribution in [-0.2, 0) is 11.2 Å². The molecule has 3 radical (unpaired) electrons. The number of carbonyl (C=O) groups is 1. The van der Waals surface area contributed by atoms with Gasteiger partial charge in [0.2, 0.25) is 0 Å². The van der Waals surface area contributed by atoms with Crippen LogP contribution < -0.4 is 5.73 Å². The van der Waals surface area contributed by atoms with E-state index in [1.54, 1.807) is 0 Å². The normalized spacial score (nSPS) is 11.5. The first-order chi connectivity index (χ1) is 6.50. The summed E-state index contributed by atoms with van der Waals surface area (Å²) >= 11 is 0. The topological polar surface area (TPSA) is 104 Å². The maximum absolute atomic E-state index is 10.4. The van der Waals surface area contributed by atoms with E-state index >= 15 is 0 Å². The maximum atomic E-state index is 10.4. The summed E-state index contributed by atoms with van der Waals surface area (Å²) in [6.45, 7) is 0. The third-order valence-corrected chi connectivity index (χ3v) is 1.81. The molecule has 0 aliphatic rings. The van der Waals surface area contributed by atoms with Gasteiger partial charge in [0.25, 0.3) is 0 Å². The first kappa shape index (κ1) is 14.1. The molecule has 81 valence electrons. The van der Waals surface area contributed by atoms with Gasteiger partial charge < -0.3 is 21.1 Å². The molecule has 0 aliphatic carbocycles. The van der Waals surface area contributed by atoms with Crippen LogP contribution >= 0.6 is 0 Å². The van der Waals surface area contributed by atoms with E-state index in [0.717, 1.165) is 0 Å². The molecular weight excluding hydrogens is 395 g/mol. The van der Waals surface area contributed by atoms with Crippen LogP contribution in [0, 0.1) is 0 Å². The predicted octanol–water partition coefficient (Wildman–Crippen LogP) is -0.329. The molecule has 15 heavy (non-hydrogen) atoms. The maximum Gasteiger partial charge on any atom is 0.320 e. The van der Waals surface area contributed by atoms with E-state index in [1.807, 2.05) is 0 Å². The summed E-state index contributed by atoms with van der Waals surface area (Å²) in [4.78, 5) is 10.4. The number of aliphatic carboxylic acids is 1. The SMILES string of the molecule is NC(Cc1ccc(O)c(O)c1)C(=O)O.[Bi]. The molecule has 5 nitrogen and oxygen atoms in total. The number of carboxylic acids is 1. The number of carboxylic acid groups (broad SMARTS) is 1. The monoisotopic (exact) mass is 406 g/mol. The number of benzene rings is 1. The summed E-state index contributed by atoms with van der Waals surface area (Å²) in [6.07, 6.45) is 0.114. The van der Waals surface area contributed by atoms with Crippen molar-refractivity contribution in [1.29, 1.82) is 0 Å². The minimum absolute atomic E-state index is 0. The van der Waals surface area contributed by atoms with Crippen LogP contribution in [0.3, 0.4) is 0 Å². The van der Waals surface area contributed by atoms with Crippen molar-refractivity contribution in [2.75, 3.05) is 0 Å². The number of aromatic hydroxyl groups is 2. The average molecular weight is 406 g/mol. The molecule has 0 bridgehead atoms. The molecule has 0 saturated heterocycles. The molecule has 0 aliphatic heterocycles. The zero-order chi connectivity index (χ0) is 10.7. The Morgan fingerprint density at radius 1 is 1.33 bits per heavy atom. The van der Waals surface area contributed by atoms with Crippen LogP contribution in [0.25, 0.3) is 0 Å². The number of rotatable bonds is 3. The van der Waals surface area contributed by atoms with Gasteiger partial charge in [-0.05, 0) is 24.1 Å². The van der Waals surface area contributed by atoms with Gasteiger partial charge in [-0.15, -0.1) is 0 Å². The predicted molar refractivity (Wildman–Crippen MR) is 54.8 cm³/mol. The molecule has 0 spiro atoms. The van der Waals surface area contributed by atoms with Crippen molar-refractivity contribution >= 4 is 32.2 Å². The number of nitrogens with two attached hydrogens (primary N) is 1. The molecule has 1 unspecified atom stereocenters. The molecule has 1 rings (SSSR count). The Morgan fingerprint density at radius 3 is 2.40 bits per heavy atom. The van der Waals surface area contributed by atoms with Crippen molar-refractivity contribution in [3.63, 3.8) is 0 Å². The fourth-order valence-electron chi connectivity index (χ4n) is 1.04. The molecule has 0 saturated carbocycles. The van der Waals surface area contributed by atoms with Gasteiger partial charge in [0.1, 0.15) is 6.04 Å². The quantitative estimate of drug-likeness (QED) is 0.407. The third kappa shape index (κ3) is 4.02. The summed E-state index contributed by atoms with van der Waals surface area (Å²) < 4.78 is 0. The summed E-state index contributed by atoms with van der Waals surface area (Å²) in [5, 5.41) is 26.6. The Hall–Kier alpha value is -0.867. The molecule has 0 amide bonds. The largest absolute Gasteiger partial charge is 0.504 e. The molecule has 0 fully saturated rings. The minimum atomic E-state index is -1.10. The molecular formula is C9H11BiNO4. The van der Waals surface area contributed by atoms with Crippen LogP contribution in [0.5, 0.6) is 11.5 Å². The van der Waals surface area contributed by atoms with Crippen LogP contribution in [0.15, 0.2) is 18.2 Å². The molecule has 0 heterocycles. The number of hydrogen-bond donors (Lipinski definition) is 4. The van der Waals surface area contributed by atoms with Crippen LogP contribution in [-0.4, -0.2) is 53.5 Å². The van der Waals surface area contributed by atoms with Crippen molar-refractivity contribution < 1.29 is 20.1 Å². The summed E-state index contributed by atoms with van der Waals surface area (Å²) in [7, 11) is 0. The van der Waals surface area contributed by atoms with Crippen molar-refractivity contribution in [3.8, 4) is 11.5 Å². The average Bonchev–Trinajstić information content (AvgIpc) is 2.11. The fourth-order valence-corrected chi connectivity index (χ4v) is 1.04. The first-order valence-corrected chi connectivity index (χ1v) is 4.00. The van der Waals surface area contributed by atoms with Gasteiger partial charge in [0, 0.05) is 26.2 Å². The van der Waals surface area contributed by atoms with Crippen molar-refractivity contribution in [2.24, 2.45) is 5.73 Å². The standard InChI is InChI=1S/C9H11NO4.Bi/c10-6(9(13)14)3-5-1-2-7(11)8(12)4-5;/h1-2,4,6,11-12H,3,10H2,(H,13,14);. The molecule has 1 atom stereocenters. The minimum Gasteiger partial charge on any atom is -0.504 e. The van der Waals surface area contributed by atoms with Crippen molar-refractivity contribution in [2.45, 2.75) is 12.5 Å². The van der Waals surface area contributed by atoms with Crippen molar-refractivity contribution in [3.05, 3.63) is 23.8 Å². The zero-order valence-corrected chi connectivity index (χ0v) is 11.3. The number of phenols is 2. The molecule has 1 aromatic carbocycles. The molecule has 5 N–H and O–H groups in total. The zero-order valence-electron chi connectivity index (χ0n) is 7.79. The van der Waals surface area contributed by atoms with Gasteiger partial charge in [-0.3, -0.25) is 4.79 Å². The first-order valence-electron chi connectivity index (χ1n) is 4.00. The number of hydrogen-bond acceptors (Lipinski definition) is 4. The Kier molecular flexibility index (Phi) is 5.54. The second kappa shape index (κ2) is 5.88. The Balaban J connectivity index is 0.00000196. The van der Waals surface area contributed by atoms with Gasteiger partial charge in [-0.25, -0.2) is 0 Å². The summed E-state index contributed by atoms with van der Waals surface area (Å²) in [5.74, 6) is -1.62. The van der Waals surface area contributed by atoms with Crippen LogP contribution in [0.2, 0.25) is 0 Å². The smallest absolute Gasteiger partial charge is 0.320 e. The fraction of sp³-hybridized carbons (Fsp3) is 0.222. The van der Waals surface area contributed by atoms with Gasteiger partial charge in [0.15, 0.2) is 11.5 Å². The van der Waals surface area contributed by atoms with E-state index in [4.69, 9.17) is 21.1 Å². The van der Waals surface area contributed by atoms with E-state index in [1.165, 1.54) is 18.2 Å². The Labute approximate surface area is 106 Å². The van der Waals surface area contributed by atoms with E-state index in [-0.39, 0.29) is 44.1 Å². The molecule has 0 aromatic heterocycles. The second-order valence-corrected chi connectivity index (χ2v) is 2.97. The molecule has 6 heteroatoms. The van der Waals surface area contributed by atoms with Gasteiger partial charge in [0.05, 0.1) is 0 Å². The third-order valence-electron chi connectivity index (χ3n) is 1.81.